The third kappa shape index (κ3) is 3.89. The van der Waals surface area contributed by atoms with Gasteiger partial charge in [0, 0.05) is 12.6 Å². The van der Waals surface area contributed by atoms with Crippen molar-refractivity contribution >= 4 is 17.0 Å². The predicted molar refractivity (Wildman–Crippen MR) is 80.6 cm³/mol. The highest BCUT2D eigenvalue weighted by Gasteiger charge is 2.16. The van der Waals surface area contributed by atoms with Crippen LogP contribution in [0.1, 0.15) is 45.1 Å². The summed E-state index contributed by atoms with van der Waals surface area (Å²) < 4.78 is 1.96. The molecule has 0 saturated carbocycles. The number of hydrogen-bond acceptors (Lipinski definition) is 6. The van der Waals surface area contributed by atoms with Gasteiger partial charge in [-0.1, -0.05) is 12.8 Å². The van der Waals surface area contributed by atoms with E-state index < -0.39 is 0 Å². The first-order valence-corrected chi connectivity index (χ1v) is 7.35. The van der Waals surface area contributed by atoms with Crippen molar-refractivity contribution in [3.8, 4) is 0 Å². The molecule has 0 fully saturated rings. The second kappa shape index (κ2) is 7.33. The second-order valence-corrected chi connectivity index (χ2v) is 5.38. The molecule has 0 radical (unpaired) electrons. The molecule has 2 heterocycles. The van der Waals surface area contributed by atoms with Gasteiger partial charge in [0.15, 0.2) is 11.5 Å². The zero-order valence-corrected chi connectivity index (χ0v) is 12.3. The number of hydrogen-bond donors (Lipinski definition) is 3. The van der Waals surface area contributed by atoms with Gasteiger partial charge in [-0.05, 0) is 26.2 Å². The van der Waals surface area contributed by atoms with Crippen molar-refractivity contribution in [3.63, 3.8) is 0 Å². The van der Waals surface area contributed by atoms with E-state index in [4.69, 9.17) is 5.73 Å². The van der Waals surface area contributed by atoms with Gasteiger partial charge in [0.2, 0.25) is 0 Å². The molecule has 21 heavy (non-hydrogen) atoms. The molecule has 0 aliphatic rings. The fraction of sp³-hybridized carbons (Fsp3) is 0.643. The lowest BCUT2D eigenvalue weighted by atomic mass is 10.0. The molecule has 0 bridgehead atoms. The molecule has 0 aliphatic heterocycles. The Morgan fingerprint density at radius 3 is 2.67 bits per heavy atom. The molecular weight excluding hydrogens is 270 g/mol. The highest BCUT2D eigenvalue weighted by molar-refractivity contribution is 5.81. The first-order chi connectivity index (χ1) is 10.1. The molecule has 1 unspecified atom stereocenters. The van der Waals surface area contributed by atoms with Crippen LogP contribution in [-0.4, -0.2) is 42.4 Å². The maximum atomic E-state index is 9.29. The normalized spacial score (nSPS) is 14.4. The van der Waals surface area contributed by atoms with Crippen molar-refractivity contribution in [3.05, 3.63) is 12.7 Å². The number of rotatable bonds is 8. The minimum Gasteiger partial charge on any atom is -0.396 e. The van der Waals surface area contributed by atoms with E-state index in [0.29, 0.717) is 23.4 Å². The number of nitrogens with zero attached hydrogens (tertiary/aromatic N) is 4. The first kappa shape index (κ1) is 15.7. The molecule has 7 nitrogen and oxygen atoms in total. The third-order valence-corrected chi connectivity index (χ3v) is 3.65. The number of fused-ring (bicyclic) bond motifs is 1. The molecule has 2 atom stereocenters. The minimum absolute atomic E-state index is 0.112. The average molecular weight is 293 g/mol. The summed E-state index contributed by atoms with van der Waals surface area (Å²) in [6.45, 7) is 1.91. The summed E-state index contributed by atoms with van der Waals surface area (Å²) in [6.07, 6.45) is 7.17. The SMILES string of the molecule is C[C@@H](O)CCCCC(CCO)n1cnc2c(N)ncnc21. The molecule has 2 aromatic rings. The van der Waals surface area contributed by atoms with Gasteiger partial charge < -0.3 is 20.5 Å². The Hall–Kier alpha value is -1.73. The topological polar surface area (TPSA) is 110 Å². The van der Waals surface area contributed by atoms with E-state index in [0.717, 1.165) is 25.7 Å². The Morgan fingerprint density at radius 1 is 1.19 bits per heavy atom. The number of aliphatic hydroxyl groups excluding tert-OH is 2. The van der Waals surface area contributed by atoms with Crippen LogP contribution >= 0.6 is 0 Å². The molecule has 0 saturated heterocycles. The molecule has 0 spiro atoms. The molecule has 2 aromatic heterocycles. The van der Waals surface area contributed by atoms with Gasteiger partial charge in [0.1, 0.15) is 11.8 Å². The third-order valence-electron chi connectivity index (χ3n) is 3.65. The van der Waals surface area contributed by atoms with Crippen LogP contribution in [0.15, 0.2) is 12.7 Å². The standard InChI is InChI=1S/C14H23N5O2/c1-10(21)4-2-3-5-11(6-7-20)19-9-18-12-13(15)16-8-17-14(12)19/h8-11,20-21H,2-7H2,1H3,(H2,15,16,17)/t10-,11?/m1/s1. The van der Waals surface area contributed by atoms with Gasteiger partial charge >= 0.3 is 0 Å². The maximum Gasteiger partial charge on any atom is 0.165 e. The number of nitrogens with two attached hydrogens (primary N) is 1. The number of aromatic nitrogens is 4. The van der Waals surface area contributed by atoms with Crippen LogP contribution in [0.25, 0.3) is 11.2 Å². The fourth-order valence-electron chi connectivity index (χ4n) is 2.53. The number of anilines is 1. The van der Waals surface area contributed by atoms with Gasteiger partial charge in [0.25, 0.3) is 0 Å². The summed E-state index contributed by atoms with van der Waals surface area (Å²) in [7, 11) is 0. The van der Waals surface area contributed by atoms with E-state index in [2.05, 4.69) is 15.0 Å². The molecule has 4 N–H and O–H groups in total. The zero-order chi connectivity index (χ0) is 15.2. The van der Waals surface area contributed by atoms with Crippen LogP contribution in [0.4, 0.5) is 5.82 Å². The lowest BCUT2D eigenvalue weighted by Crippen LogP contribution is -2.11. The molecule has 7 heteroatoms. The Balaban J connectivity index is 2.11. The van der Waals surface area contributed by atoms with Crippen LogP contribution in [-0.2, 0) is 0 Å². The second-order valence-electron chi connectivity index (χ2n) is 5.38. The lowest BCUT2D eigenvalue weighted by molar-refractivity contribution is 0.178. The van der Waals surface area contributed by atoms with Crippen molar-refractivity contribution < 1.29 is 10.2 Å². The number of unbranched alkanes of at least 4 members (excludes halogenated alkanes) is 1. The van der Waals surface area contributed by atoms with Gasteiger partial charge in [-0.25, -0.2) is 15.0 Å². The number of aliphatic hydroxyl groups is 2. The highest BCUT2D eigenvalue weighted by atomic mass is 16.3. The van der Waals surface area contributed by atoms with Crippen molar-refractivity contribution in [2.24, 2.45) is 0 Å². The quantitative estimate of drug-likeness (QED) is 0.632. The summed E-state index contributed by atoms with van der Waals surface area (Å²) in [5.41, 5.74) is 7.10. The summed E-state index contributed by atoms with van der Waals surface area (Å²) >= 11 is 0. The maximum absolute atomic E-state index is 9.29. The van der Waals surface area contributed by atoms with E-state index >= 15 is 0 Å². The monoisotopic (exact) mass is 293 g/mol. The number of nitrogen functional groups attached to an aromatic ring is 1. The predicted octanol–water partition coefficient (Wildman–Crippen LogP) is 1.27. The summed E-state index contributed by atoms with van der Waals surface area (Å²) in [5.74, 6) is 0.371. The van der Waals surface area contributed by atoms with Crippen molar-refractivity contribution in [1.29, 1.82) is 0 Å². The number of imidazole rings is 1. The fourth-order valence-corrected chi connectivity index (χ4v) is 2.53. The van der Waals surface area contributed by atoms with Gasteiger partial charge in [-0.15, -0.1) is 0 Å². The van der Waals surface area contributed by atoms with Gasteiger partial charge in [-0.2, -0.15) is 0 Å². The van der Waals surface area contributed by atoms with E-state index in [1.165, 1.54) is 6.33 Å². The Labute approximate surface area is 123 Å². The Bertz CT molecular complexity index is 569. The molecular formula is C14H23N5O2. The molecule has 116 valence electrons. The highest BCUT2D eigenvalue weighted by Crippen LogP contribution is 2.25. The van der Waals surface area contributed by atoms with Crippen LogP contribution in [0.2, 0.25) is 0 Å². The zero-order valence-electron chi connectivity index (χ0n) is 12.3. The van der Waals surface area contributed by atoms with Crippen molar-refractivity contribution in [2.45, 2.75) is 51.2 Å². The van der Waals surface area contributed by atoms with Crippen LogP contribution in [0.5, 0.6) is 0 Å². The molecule has 0 aromatic carbocycles. The molecule has 0 amide bonds. The largest absolute Gasteiger partial charge is 0.396 e. The lowest BCUT2D eigenvalue weighted by Gasteiger charge is -2.18. The molecule has 0 aliphatic carbocycles. The van der Waals surface area contributed by atoms with Crippen molar-refractivity contribution in [1.82, 2.24) is 19.5 Å². The van der Waals surface area contributed by atoms with E-state index in [-0.39, 0.29) is 18.8 Å². The van der Waals surface area contributed by atoms with Gasteiger partial charge in [0.05, 0.1) is 12.4 Å². The van der Waals surface area contributed by atoms with Crippen LogP contribution in [0.3, 0.4) is 0 Å². The Morgan fingerprint density at radius 2 is 1.95 bits per heavy atom. The van der Waals surface area contributed by atoms with E-state index in [1.54, 1.807) is 13.3 Å². The average Bonchev–Trinajstić information content (AvgIpc) is 2.87. The smallest absolute Gasteiger partial charge is 0.165 e. The first-order valence-electron chi connectivity index (χ1n) is 7.35. The summed E-state index contributed by atoms with van der Waals surface area (Å²) in [6, 6.07) is 0.128. The Kier molecular flexibility index (Phi) is 5.46. The minimum atomic E-state index is -0.261. The van der Waals surface area contributed by atoms with Crippen LogP contribution in [0, 0.1) is 0 Å². The van der Waals surface area contributed by atoms with Crippen LogP contribution < -0.4 is 5.73 Å². The van der Waals surface area contributed by atoms with Gasteiger partial charge in [-0.3, -0.25) is 0 Å². The molecule has 2 rings (SSSR count). The summed E-state index contributed by atoms with van der Waals surface area (Å²) in [4.78, 5) is 12.5. The van der Waals surface area contributed by atoms with E-state index in [9.17, 15) is 10.2 Å². The van der Waals surface area contributed by atoms with E-state index in [1.807, 2.05) is 4.57 Å². The summed E-state index contributed by atoms with van der Waals surface area (Å²) in [5, 5.41) is 18.6. The van der Waals surface area contributed by atoms with Crippen molar-refractivity contribution in [2.75, 3.05) is 12.3 Å².